The van der Waals surface area contributed by atoms with Gasteiger partial charge in [0, 0.05) is 17.5 Å². The third-order valence-corrected chi connectivity index (χ3v) is 4.22. The van der Waals surface area contributed by atoms with E-state index in [1.54, 1.807) is 11.3 Å². The average molecular weight is 210 g/mol. The van der Waals surface area contributed by atoms with Crippen molar-refractivity contribution in [2.24, 2.45) is 5.92 Å². The Bertz CT molecular complexity index is 291. The van der Waals surface area contributed by atoms with Gasteiger partial charge in [-0.15, -0.1) is 11.3 Å². The minimum absolute atomic E-state index is 0.672. The van der Waals surface area contributed by atoms with Gasteiger partial charge in [0.25, 0.3) is 0 Å². The van der Waals surface area contributed by atoms with E-state index in [-0.39, 0.29) is 0 Å². The zero-order valence-electron chi connectivity index (χ0n) is 8.92. The Hall–Kier alpha value is -0.410. The summed E-state index contributed by atoms with van der Waals surface area (Å²) in [6.45, 7) is 5.38. The second kappa shape index (κ2) is 4.41. The molecule has 1 saturated carbocycles. The van der Waals surface area contributed by atoms with Crippen LogP contribution in [-0.4, -0.2) is 11.0 Å². The van der Waals surface area contributed by atoms with Gasteiger partial charge in [0.1, 0.15) is 0 Å². The topological polar surface area (TPSA) is 24.9 Å². The average Bonchev–Trinajstić information content (AvgIpc) is 2.44. The van der Waals surface area contributed by atoms with Crippen molar-refractivity contribution in [2.45, 2.75) is 45.7 Å². The fourth-order valence-electron chi connectivity index (χ4n) is 1.86. The van der Waals surface area contributed by atoms with E-state index in [1.807, 2.05) is 5.51 Å². The molecule has 1 aliphatic rings. The molecule has 1 unspecified atom stereocenters. The van der Waals surface area contributed by atoms with Crippen LogP contribution in [0.5, 0.6) is 0 Å². The van der Waals surface area contributed by atoms with Crippen LogP contribution in [0.2, 0.25) is 0 Å². The molecule has 1 aromatic heterocycles. The summed E-state index contributed by atoms with van der Waals surface area (Å²) in [6, 6.07) is 0.672. The van der Waals surface area contributed by atoms with E-state index in [0.29, 0.717) is 6.04 Å². The largest absolute Gasteiger partial charge is 0.309 e. The van der Waals surface area contributed by atoms with E-state index >= 15 is 0 Å². The van der Waals surface area contributed by atoms with Gasteiger partial charge in [-0.3, -0.25) is 0 Å². The molecule has 2 nitrogen and oxygen atoms in total. The second-order valence-electron chi connectivity index (χ2n) is 4.22. The lowest BCUT2D eigenvalue weighted by Crippen LogP contribution is -2.36. The Labute approximate surface area is 89.8 Å². The highest BCUT2D eigenvalue weighted by Crippen LogP contribution is 2.29. The van der Waals surface area contributed by atoms with Crippen LogP contribution >= 0.6 is 11.3 Å². The highest BCUT2D eigenvalue weighted by Gasteiger charge is 2.23. The number of aromatic nitrogens is 1. The maximum atomic E-state index is 4.25. The smallest absolute Gasteiger partial charge is 0.0798 e. The van der Waals surface area contributed by atoms with E-state index in [0.717, 1.165) is 12.5 Å². The first-order valence-corrected chi connectivity index (χ1v) is 6.27. The van der Waals surface area contributed by atoms with Crippen molar-refractivity contribution in [2.75, 3.05) is 0 Å². The summed E-state index contributed by atoms with van der Waals surface area (Å²) in [5.74, 6) is 0.920. The Morgan fingerprint density at radius 1 is 1.64 bits per heavy atom. The first-order chi connectivity index (χ1) is 6.77. The summed E-state index contributed by atoms with van der Waals surface area (Å²) in [6.07, 6.45) is 4.25. The quantitative estimate of drug-likeness (QED) is 0.826. The van der Waals surface area contributed by atoms with Gasteiger partial charge in [0.05, 0.1) is 11.2 Å². The molecule has 0 radical (unpaired) electrons. The summed E-state index contributed by atoms with van der Waals surface area (Å²) in [5, 5.41) is 3.60. The predicted octanol–water partition coefficient (Wildman–Crippen LogP) is 2.73. The summed E-state index contributed by atoms with van der Waals surface area (Å²) in [5.41, 5.74) is 3.11. The van der Waals surface area contributed by atoms with Crippen molar-refractivity contribution < 1.29 is 0 Å². The SMILES string of the molecule is Cc1ncsc1CNC(C)C1CCC1. The minimum atomic E-state index is 0.672. The number of aryl methyl sites for hydroxylation is 1. The van der Waals surface area contributed by atoms with Crippen molar-refractivity contribution >= 4 is 11.3 Å². The molecule has 14 heavy (non-hydrogen) atoms. The van der Waals surface area contributed by atoms with Crippen LogP contribution in [0.3, 0.4) is 0 Å². The number of nitrogens with one attached hydrogen (secondary N) is 1. The number of rotatable bonds is 4. The first-order valence-electron chi connectivity index (χ1n) is 5.39. The lowest BCUT2D eigenvalue weighted by molar-refractivity contribution is 0.240. The molecule has 1 atom stereocenters. The lowest BCUT2D eigenvalue weighted by Gasteiger charge is -2.32. The molecule has 78 valence electrons. The van der Waals surface area contributed by atoms with Gasteiger partial charge >= 0.3 is 0 Å². The Morgan fingerprint density at radius 2 is 2.43 bits per heavy atom. The lowest BCUT2D eigenvalue weighted by atomic mass is 9.80. The van der Waals surface area contributed by atoms with E-state index < -0.39 is 0 Å². The van der Waals surface area contributed by atoms with Crippen LogP contribution in [0.15, 0.2) is 5.51 Å². The van der Waals surface area contributed by atoms with Crippen LogP contribution in [0.4, 0.5) is 0 Å². The van der Waals surface area contributed by atoms with Gasteiger partial charge in [0.2, 0.25) is 0 Å². The maximum absolute atomic E-state index is 4.25. The van der Waals surface area contributed by atoms with Crippen molar-refractivity contribution in [3.8, 4) is 0 Å². The van der Waals surface area contributed by atoms with E-state index in [9.17, 15) is 0 Å². The number of hydrogen-bond donors (Lipinski definition) is 1. The fourth-order valence-corrected chi connectivity index (χ4v) is 2.58. The van der Waals surface area contributed by atoms with Crippen molar-refractivity contribution in [3.63, 3.8) is 0 Å². The first kappa shape index (κ1) is 10.1. The van der Waals surface area contributed by atoms with Crippen molar-refractivity contribution in [1.82, 2.24) is 10.3 Å². The molecule has 0 aliphatic heterocycles. The second-order valence-corrected chi connectivity index (χ2v) is 5.16. The highest BCUT2D eigenvalue weighted by molar-refractivity contribution is 7.09. The molecule has 3 heteroatoms. The Kier molecular flexibility index (Phi) is 3.19. The predicted molar refractivity (Wildman–Crippen MR) is 60.5 cm³/mol. The molecule has 1 N–H and O–H groups in total. The molecular weight excluding hydrogens is 192 g/mol. The molecular formula is C11H18N2S. The molecule has 0 aromatic carbocycles. The van der Waals surface area contributed by atoms with Crippen LogP contribution in [-0.2, 0) is 6.54 Å². The maximum Gasteiger partial charge on any atom is 0.0798 e. The summed E-state index contributed by atoms with van der Waals surface area (Å²) in [4.78, 5) is 5.64. The molecule has 0 amide bonds. The molecule has 2 rings (SSSR count). The van der Waals surface area contributed by atoms with Gasteiger partial charge in [-0.1, -0.05) is 6.42 Å². The number of thiazole rings is 1. The molecule has 1 fully saturated rings. The van der Waals surface area contributed by atoms with Crippen LogP contribution < -0.4 is 5.32 Å². The third kappa shape index (κ3) is 2.15. The van der Waals surface area contributed by atoms with Crippen LogP contribution in [0.25, 0.3) is 0 Å². The van der Waals surface area contributed by atoms with Crippen LogP contribution in [0, 0.1) is 12.8 Å². The van der Waals surface area contributed by atoms with Gasteiger partial charge in [-0.25, -0.2) is 4.98 Å². The molecule has 0 spiro atoms. The number of nitrogens with zero attached hydrogens (tertiary/aromatic N) is 1. The van der Waals surface area contributed by atoms with Gasteiger partial charge < -0.3 is 5.32 Å². The van der Waals surface area contributed by atoms with Crippen molar-refractivity contribution in [3.05, 3.63) is 16.1 Å². The van der Waals surface area contributed by atoms with Gasteiger partial charge in [-0.2, -0.15) is 0 Å². The van der Waals surface area contributed by atoms with E-state index in [4.69, 9.17) is 0 Å². The van der Waals surface area contributed by atoms with Crippen molar-refractivity contribution in [1.29, 1.82) is 0 Å². The van der Waals surface area contributed by atoms with E-state index in [1.165, 1.54) is 29.8 Å². The highest BCUT2D eigenvalue weighted by atomic mass is 32.1. The molecule has 0 bridgehead atoms. The van der Waals surface area contributed by atoms with Gasteiger partial charge in [-0.05, 0) is 32.6 Å². The monoisotopic (exact) mass is 210 g/mol. The Balaban J connectivity index is 1.79. The molecule has 1 aliphatic carbocycles. The third-order valence-electron chi connectivity index (χ3n) is 3.29. The van der Waals surface area contributed by atoms with Crippen LogP contribution in [0.1, 0.15) is 36.8 Å². The van der Waals surface area contributed by atoms with Gasteiger partial charge in [0.15, 0.2) is 0 Å². The summed E-state index contributed by atoms with van der Waals surface area (Å²) in [7, 11) is 0. The molecule has 1 heterocycles. The summed E-state index contributed by atoms with van der Waals surface area (Å²) < 4.78 is 0. The molecule has 0 saturated heterocycles. The normalized spacial score (nSPS) is 19.3. The zero-order chi connectivity index (χ0) is 9.97. The summed E-state index contributed by atoms with van der Waals surface area (Å²) >= 11 is 1.76. The molecule has 1 aromatic rings. The standard InChI is InChI=1S/C11H18N2S/c1-8(10-4-3-5-10)12-6-11-9(2)13-7-14-11/h7-8,10,12H,3-6H2,1-2H3. The van der Waals surface area contributed by atoms with E-state index in [2.05, 4.69) is 24.1 Å². The fraction of sp³-hybridized carbons (Fsp3) is 0.727. The Morgan fingerprint density at radius 3 is 2.93 bits per heavy atom. The minimum Gasteiger partial charge on any atom is -0.309 e. The number of hydrogen-bond acceptors (Lipinski definition) is 3. The zero-order valence-corrected chi connectivity index (χ0v) is 9.73.